The fraction of sp³-hybridized carbons (Fsp3) is 0.750. The van der Waals surface area contributed by atoms with Gasteiger partial charge in [-0.05, 0) is 18.8 Å². The molecular weight excluding hydrogens is 202 g/mol. The van der Waals surface area contributed by atoms with E-state index < -0.39 is 0 Å². The zero-order valence-corrected chi connectivity index (χ0v) is 10.0. The van der Waals surface area contributed by atoms with E-state index in [1.165, 1.54) is 12.8 Å². The lowest BCUT2D eigenvalue weighted by Gasteiger charge is -2.25. The summed E-state index contributed by atoms with van der Waals surface area (Å²) in [6.45, 7) is 2.24. The zero-order chi connectivity index (χ0) is 11.5. The van der Waals surface area contributed by atoms with Crippen LogP contribution in [0.2, 0.25) is 0 Å². The Kier molecular flexibility index (Phi) is 3.36. The van der Waals surface area contributed by atoms with Gasteiger partial charge in [0, 0.05) is 19.2 Å². The van der Waals surface area contributed by atoms with Gasteiger partial charge in [0.05, 0.1) is 12.1 Å². The zero-order valence-electron chi connectivity index (χ0n) is 10.0. The molecule has 1 aliphatic rings. The maximum atomic E-state index is 12.0. The molecule has 2 atom stereocenters. The molecule has 0 N–H and O–H groups in total. The summed E-state index contributed by atoms with van der Waals surface area (Å²) in [5.74, 6) is 1.29. The van der Waals surface area contributed by atoms with Crippen molar-refractivity contribution in [2.24, 2.45) is 18.9 Å². The van der Waals surface area contributed by atoms with Crippen molar-refractivity contribution in [3.05, 3.63) is 11.9 Å². The van der Waals surface area contributed by atoms with Crippen molar-refractivity contribution in [2.75, 3.05) is 0 Å². The second-order valence-corrected chi connectivity index (χ2v) is 5.00. The van der Waals surface area contributed by atoms with Crippen LogP contribution in [0, 0.1) is 11.8 Å². The second kappa shape index (κ2) is 4.76. The van der Waals surface area contributed by atoms with Crippen molar-refractivity contribution in [3.8, 4) is 0 Å². The van der Waals surface area contributed by atoms with E-state index >= 15 is 0 Å². The van der Waals surface area contributed by atoms with E-state index in [2.05, 4.69) is 17.2 Å². The lowest BCUT2D eigenvalue weighted by atomic mass is 9.79. The summed E-state index contributed by atoms with van der Waals surface area (Å²) in [6.07, 6.45) is 6.85. The number of Topliss-reactive ketones (excluding diaryl/α,β-unsaturated/α-hetero) is 1. The summed E-state index contributed by atoms with van der Waals surface area (Å²) in [4.78, 5) is 12.0. The number of aromatic nitrogens is 3. The van der Waals surface area contributed by atoms with Gasteiger partial charge < -0.3 is 0 Å². The van der Waals surface area contributed by atoms with E-state index in [0.717, 1.165) is 18.5 Å². The molecule has 1 heterocycles. The fourth-order valence-corrected chi connectivity index (χ4v) is 2.53. The number of nitrogens with zero attached hydrogens (tertiary/aromatic N) is 3. The highest BCUT2D eigenvalue weighted by Gasteiger charge is 2.25. The molecule has 0 radical (unpaired) electrons. The summed E-state index contributed by atoms with van der Waals surface area (Å²) >= 11 is 0. The van der Waals surface area contributed by atoms with Crippen LogP contribution in [0.4, 0.5) is 0 Å². The molecule has 0 aromatic carbocycles. The minimum Gasteiger partial charge on any atom is -0.299 e. The van der Waals surface area contributed by atoms with Gasteiger partial charge in [-0.1, -0.05) is 25.0 Å². The molecule has 1 aromatic heterocycles. The standard InChI is InChI=1S/C12H19N3O/c1-9-4-3-5-10(6-9)12(16)7-11-8-15(2)14-13-11/h8-10H,3-7H2,1-2H3. The van der Waals surface area contributed by atoms with E-state index in [-0.39, 0.29) is 5.92 Å². The largest absolute Gasteiger partial charge is 0.299 e. The normalized spacial score (nSPS) is 25.6. The molecule has 4 heteroatoms. The average Bonchev–Trinajstić information content (AvgIpc) is 2.64. The highest BCUT2D eigenvalue weighted by molar-refractivity contribution is 5.82. The molecule has 2 rings (SSSR count). The fourth-order valence-electron chi connectivity index (χ4n) is 2.53. The van der Waals surface area contributed by atoms with Gasteiger partial charge in [-0.3, -0.25) is 9.48 Å². The van der Waals surface area contributed by atoms with Crippen LogP contribution in [0.3, 0.4) is 0 Å². The SMILES string of the molecule is CC1CCCC(C(=O)Cc2cn(C)nn2)C1. The Labute approximate surface area is 96.0 Å². The molecule has 4 nitrogen and oxygen atoms in total. The van der Waals surface area contributed by atoms with E-state index in [1.54, 1.807) is 4.68 Å². The van der Waals surface area contributed by atoms with Crippen molar-refractivity contribution in [2.45, 2.75) is 39.0 Å². The Morgan fingerprint density at radius 3 is 3.00 bits per heavy atom. The summed E-state index contributed by atoms with van der Waals surface area (Å²) in [7, 11) is 1.82. The second-order valence-electron chi connectivity index (χ2n) is 5.00. The monoisotopic (exact) mass is 221 g/mol. The van der Waals surface area contributed by atoms with Gasteiger partial charge in [0.15, 0.2) is 0 Å². The van der Waals surface area contributed by atoms with Gasteiger partial charge in [0.2, 0.25) is 0 Å². The molecule has 0 saturated heterocycles. The van der Waals surface area contributed by atoms with Crippen LogP contribution in [0.1, 0.15) is 38.3 Å². The molecule has 1 aliphatic carbocycles. The highest BCUT2D eigenvalue weighted by Crippen LogP contribution is 2.29. The van der Waals surface area contributed by atoms with Crippen LogP contribution in [-0.4, -0.2) is 20.8 Å². The summed E-state index contributed by atoms with van der Waals surface area (Å²) in [5.41, 5.74) is 0.797. The van der Waals surface area contributed by atoms with Crippen LogP contribution in [0.25, 0.3) is 0 Å². The minimum absolute atomic E-state index is 0.255. The lowest BCUT2D eigenvalue weighted by Crippen LogP contribution is -2.23. The Morgan fingerprint density at radius 1 is 1.56 bits per heavy atom. The molecule has 2 unspecified atom stereocenters. The average molecular weight is 221 g/mol. The van der Waals surface area contributed by atoms with Gasteiger partial charge in [0.25, 0.3) is 0 Å². The molecule has 0 spiro atoms. The number of aryl methyl sites for hydroxylation is 1. The topological polar surface area (TPSA) is 47.8 Å². The van der Waals surface area contributed by atoms with Gasteiger partial charge in [-0.25, -0.2) is 0 Å². The third-order valence-electron chi connectivity index (χ3n) is 3.40. The van der Waals surface area contributed by atoms with E-state index in [4.69, 9.17) is 0 Å². The summed E-state index contributed by atoms with van der Waals surface area (Å²) < 4.78 is 1.64. The van der Waals surface area contributed by atoms with E-state index in [9.17, 15) is 4.79 Å². The van der Waals surface area contributed by atoms with Crippen LogP contribution >= 0.6 is 0 Å². The van der Waals surface area contributed by atoms with Gasteiger partial charge in [-0.15, -0.1) is 5.10 Å². The van der Waals surface area contributed by atoms with Crippen molar-refractivity contribution in [1.29, 1.82) is 0 Å². The third-order valence-corrected chi connectivity index (χ3v) is 3.40. The molecule has 0 amide bonds. The van der Waals surface area contributed by atoms with Gasteiger partial charge in [-0.2, -0.15) is 0 Å². The maximum absolute atomic E-state index is 12.0. The quantitative estimate of drug-likeness (QED) is 0.781. The Bertz CT molecular complexity index is 372. The molecule has 0 bridgehead atoms. The molecule has 1 saturated carbocycles. The number of hydrogen-bond donors (Lipinski definition) is 0. The number of ketones is 1. The molecule has 1 aromatic rings. The maximum Gasteiger partial charge on any atom is 0.142 e. The highest BCUT2D eigenvalue weighted by atomic mass is 16.1. The van der Waals surface area contributed by atoms with Crippen LogP contribution in [-0.2, 0) is 18.3 Å². The predicted molar refractivity (Wildman–Crippen MR) is 60.8 cm³/mol. The first-order valence-corrected chi connectivity index (χ1v) is 6.03. The Balaban J connectivity index is 1.92. The molecule has 1 fully saturated rings. The summed E-state index contributed by atoms with van der Waals surface area (Å²) in [6, 6.07) is 0. The number of carbonyl (C=O) groups is 1. The Morgan fingerprint density at radius 2 is 2.38 bits per heavy atom. The van der Waals surface area contributed by atoms with Crippen molar-refractivity contribution < 1.29 is 4.79 Å². The summed E-state index contributed by atoms with van der Waals surface area (Å²) in [5, 5.41) is 7.81. The van der Waals surface area contributed by atoms with E-state index in [1.807, 2.05) is 13.2 Å². The molecule has 0 aliphatic heterocycles. The minimum atomic E-state index is 0.255. The molecule has 88 valence electrons. The van der Waals surface area contributed by atoms with E-state index in [0.29, 0.717) is 18.1 Å². The van der Waals surface area contributed by atoms with Crippen molar-refractivity contribution in [1.82, 2.24) is 15.0 Å². The lowest BCUT2D eigenvalue weighted by molar-refractivity contribution is -0.123. The molecular formula is C12H19N3O. The number of rotatable bonds is 3. The van der Waals surface area contributed by atoms with Crippen LogP contribution in [0.5, 0.6) is 0 Å². The third kappa shape index (κ3) is 2.68. The first kappa shape index (κ1) is 11.3. The first-order chi connectivity index (χ1) is 7.65. The van der Waals surface area contributed by atoms with Crippen molar-refractivity contribution in [3.63, 3.8) is 0 Å². The molecule has 16 heavy (non-hydrogen) atoms. The first-order valence-electron chi connectivity index (χ1n) is 6.03. The smallest absolute Gasteiger partial charge is 0.142 e. The van der Waals surface area contributed by atoms with Gasteiger partial charge in [0.1, 0.15) is 5.78 Å². The number of carbonyl (C=O) groups excluding carboxylic acids is 1. The van der Waals surface area contributed by atoms with Gasteiger partial charge >= 0.3 is 0 Å². The van der Waals surface area contributed by atoms with Crippen LogP contribution in [0.15, 0.2) is 6.20 Å². The Hall–Kier alpha value is -1.19. The predicted octanol–water partition coefficient (Wildman–Crippen LogP) is 1.75. The van der Waals surface area contributed by atoms with Crippen molar-refractivity contribution >= 4 is 5.78 Å². The van der Waals surface area contributed by atoms with Crippen LogP contribution < -0.4 is 0 Å². The number of hydrogen-bond acceptors (Lipinski definition) is 3.